The van der Waals surface area contributed by atoms with E-state index in [-0.39, 0.29) is 6.04 Å². The van der Waals surface area contributed by atoms with E-state index in [1.165, 1.54) is 16.8 Å². The maximum atomic E-state index is 6.20. The SMILES string of the molecule is COc1ccccc1C1Nc2ccc(Cl)cc2C2C=CCC21. The summed E-state index contributed by atoms with van der Waals surface area (Å²) in [6.45, 7) is 0. The van der Waals surface area contributed by atoms with Crippen LogP contribution in [0.25, 0.3) is 0 Å². The van der Waals surface area contributed by atoms with Crippen LogP contribution < -0.4 is 10.1 Å². The summed E-state index contributed by atoms with van der Waals surface area (Å²) < 4.78 is 5.57. The second-order valence-corrected chi connectivity index (χ2v) is 6.39. The van der Waals surface area contributed by atoms with Gasteiger partial charge in [0.15, 0.2) is 0 Å². The van der Waals surface area contributed by atoms with Crippen LogP contribution in [-0.4, -0.2) is 7.11 Å². The molecular formula is C19H18ClNO. The van der Waals surface area contributed by atoms with Crippen molar-refractivity contribution in [2.75, 3.05) is 12.4 Å². The number of benzene rings is 2. The molecule has 2 aromatic rings. The van der Waals surface area contributed by atoms with E-state index in [0.717, 1.165) is 17.2 Å². The van der Waals surface area contributed by atoms with E-state index in [4.69, 9.17) is 16.3 Å². The van der Waals surface area contributed by atoms with Gasteiger partial charge in [0.1, 0.15) is 5.75 Å². The zero-order valence-corrected chi connectivity index (χ0v) is 13.2. The maximum Gasteiger partial charge on any atom is 0.124 e. The van der Waals surface area contributed by atoms with Crippen LogP contribution in [0.5, 0.6) is 5.75 Å². The largest absolute Gasteiger partial charge is 0.496 e. The molecule has 22 heavy (non-hydrogen) atoms. The van der Waals surface area contributed by atoms with Gasteiger partial charge in [0.05, 0.1) is 13.2 Å². The highest BCUT2D eigenvalue weighted by atomic mass is 35.5. The summed E-state index contributed by atoms with van der Waals surface area (Å²) >= 11 is 6.20. The Morgan fingerprint density at radius 1 is 1.14 bits per heavy atom. The molecule has 112 valence electrons. The van der Waals surface area contributed by atoms with Gasteiger partial charge in [0, 0.05) is 22.2 Å². The standard InChI is InChI=1S/C19H18ClNO/c1-22-18-8-3-2-5-15(18)19-14-7-4-6-13(14)16-11-12(20)9-10-17(16)21-19/h2-6,8-11,13-14,19,21H,7H2,1H3. The zero-order chi connectivity index (χ0) is 15.1. The molecular weight excluding hydrogens is 294 g/mol. The van der Waals surface area contributed by atoms with E-state index in [9.17, 15) is 0 Å². The van der Waals surface area contributed by atoms with Gasteiger partial charge in [-0.2, -0.15) is 0 Å². The molecule has 1 aliphatic heterocycles. The molecule has 1 N–H and O–H groups in total. The predicted octanol–water partition coefficient (Wildman–Crippen LogP) is 5.18. The molecule has 2 aliphatic rings. The van der Waals surface area contributed by atoms with Gasteiger partial charge in [-0.25, -0.2) is 0 Å². The average Bonchev–Trinajstić information content (AvgIpc) is 3.04. The highest BCUT2D eigenvalue weighted by molar-refractivity contribution is 6.30. The summed E-state index contributed by atoms with van der Waals surface area (Å²) in [6.07, 6.45) is 5.69. The van der Waals surface area contributed by atoms with Crippen molar-refractivity contribution in [2.24, 2.45) is 5.92 Å². The third kappa shape index (κ3) is 2.10. The first-order chi connectivity index (χ1) is 10.8. The van der Waals surface area contributed by atoms with Crippen molar-refractivity contribution in [1.29, 1.82) is 0 Å². The molecule has 0 fully saturated rings. The summed E-state index contributed by atoms with van der Waals surface area (Å²) in [5.41, 5.74) is 3.70. The molecule has 0 saturated carbocycles. The maximum absolute atomic E-state index is 6.20. The summed E-state index contributed by atoms with van der Waals surface area (Å²) in [5.74, 6) is 1.87. The summed E-state index contributed by atoms with van der Waals surface area (Å²) in [6, 6.07) is 14.7. The number of nitrogens with one attached hydrogen (secondary N) is 1. The van der Waals surface area contributed by atoms with Gasteiger partial charge >= 0.3 is 0 Å². The Morgan fingerprint density at radius 2 is 2.00 bits per heavy atom. The lowest BCUT2D eigenvalue weighted by Gasteiger charge is -2.38. The van der Waals surface area contributed by atoms with Crippen LogP contribution in [0.3, 0.4) is 0 Å². The van der Waals surface area contributed by atoms with Crippen LogP contribution in [0.1, 0.15) is 29.5 Å². The molecule has 0 spiro atoms. The number of para-hydroxylation sites is 1. The topological polar surface area (TPSA) is 21.3 Å². The minimum Gasteiger partial charge on any atom is -0.496 e. The molecule has 4 rings (SSSR count). The van der Waals surface area contributed by atoms with E-state index >= 15 is 0 Å². The first-order valence-electron chi connectivity index (χ1n) is 7.63. The summed E-state index contributed by atoms with van der Waals surface area (Å²) in [7, 11) is 1.74. The zero-order valence-electron chi connectivity index (χ0n) is 12.4. The van der Waals surface area contributed by atoms with E-state index in [1.807, 2.05) is 18.2 Å². The Labute approximate surface area is 135 Å². The first-order valence-corrected chi connectivity index (χ1v) is 8.01. The van der Waals surface area contributed by atoms with E-state index in [0.29, 0.717) is 11.8 Å². The van der Waals surface area contributed by atoms with Gasteiger partial charge in [0.25, 0.3) is 0 Å². The third-order valence-electron chi connectivity index (χ3n) is 4.80. The highest BCUT2D eigenvalue weighted by Crippen LogP contribution is 2.51. The van der Waals surface area contributed by atoms with Crippen LogP contribution in [0.2, 0.25) is 5.02 Å². The lowest BCUT2D eigenvalue weighted by molar-refractivity contribution is 0.381. The number of anilines is 1. The summed E-state index contributed by atoms with van der Waals surface area (Å²) in [5, 5.41) is 4.51. The lowest BCUT2D eigenvalue weighted by atomic mass is 9.77. The molecule has 1 heterocycles. The molecule has 0 amide bonds. The van der Waals surface area contributed by atoms with Crippen molar-refractivity contribution < 1.29 is 4.74 Å². The van der Waals surface area contributed by atoms with Crippen LogP contribution in [0.4, 0.5) is 5.69 Å². The minimum absolute atomic E-state index is 0.254. The Bertz CT molecular complexity index is 740. The Balaban J connectivity index is 1.81. The van der Waals surface area contributed by atoms with Gasteiger partial charge in [-0.3, -0.25) is 0 Å². The monoisotopic (exact) mass is 311 g/mol. The Morgan fingerprint density at radius 3 is 2.86 bits per heavy atom. The average molecular weight is 312 g/mol. The smallest absolute Gasteiger partial charge is 0.124 e. The molecule has 2 nitrogen and oxygen atoms in total. The predicted molar refractivity (Wildman–Crippen MR) is 90.8 cm³/mol. The van der Waals surface area contributed by atoms with Crippen LogP contribution in [0.15, 0.2) is 54.6 Å². The van der Waals surface area contributed by atoms with Gasteiger partial charge in [-0.05, 0) is 42.2 Å². The molecule has 3 atom stereocenters. The fourth-order valence-electron chi connectivity index (χ4n) is 3.80. The number of hydrogen-bond donors (Lipinski definition) is 1. The van der Waals surface area contributed by atoms with Crippen molar-refractivity contribution >= 4 is 17.3 Å². The van der Waals surface area contributed by atoms with Crippen molar-refractivity contribution in [3.63, 3.8) is 0 Å². The number of ether oxygens (including phenoxy) is 1. The number of halogens is 1. The number of fused-ring (bicyclic) bond motifs is 3. The van der Waals surface area contributed by atoms with Gasteiger partial charge < -0.3 is 10.1 Å². The van der Waals surface area contributed by atoms with E-state index < -0.39 is 0 Å². The van der Waals surface area contributed by atoms with Crippen LogP contribution in [0, 0.1) is 5.92 Å². The normalized spacial score (nSPS) is 25.3. The van der Waals surface area contributed by atoms with Crippen molar-refractivity contribution in [1.82, 2.24) is 0 Å². The van der Waals surface area contributed by atoms with Gasteiger partial charge in [-0.15, -0.1) is 0 Å². The quantitative estimate of drug-likeness (QED) is 0.772. The lowest BCUT2D eigenvalue weighted by Crippen LogP contribution is -2.29. The Kier molecular flexibility index (Phi) is 3.34. The Hall–Kier alpha value is -1.93. The fraction of sp³-hybridized carbons (Fsp3) is 0.263. The van der Waals surface area contributed by atoms with Crippen molar-refractivity contribution in [3.8, 4) is 5.75 Å². The fourth-order valence-corrected chi connectivity index (χ4v) is 3.98. The third-order valence-corrected chi connectivity index (χ3v) is 5.03. The molecule has 2 aromatic carbocycles. The molecule has 0 aromatic heterocycles. The molecule has 0 bridgehead atoms. The molecule has 1 aliphatic carbocycles. The van der Waals surface area contributed by atoms with Crippen LogP contribution >= 0.6 is 11.6 Å². The second kappa shape index (κ2) is 5.36. The number of hydrogen-bond acceptors (Lipinski definition) is 2. The summed E-state index contributed by atoms with van der Waals surface area (Å²) in [4.78, 5) is 0. The van der Waals surface area contributed by atoms with Gasteiger partial charge in [0.2, 0.25) is 0 Å². The first kappa shape index (κ1) is 13.7. The van der Waals surface area contributed by atoms with Crippen molar-refractivity contribution in [2.45, 2.75) is 18.4 Å². The van der Waals surface area contributed by atoms with E-state index in [1.54, 1.807) is 7.11 Å². The minimum atomic E-state index is 0.254. The van der Waals surface area contributed by atoms with Crippen LogP contribution in [-0.2, 0) is 0 Å². The molecule has 3 unspecified atom stereocenters. The number of methoxy groups -OCH3 is 1. The molecule has 3 heteroatoms. The van der Waals surface area contributed by atoms with Gasteiger partial charge in [-0.1, -0.05) is 42.0 Å². The molecule has 0 saturated heterocycles. The number of allylic oxidation sites excluding steroid dienone is 2. The molecule has 0 radical (unpaired) electrons. The highest BCUT2D eigenvalue weighted by Gasteiger charge is 2.38. The number of rotatable bonds is 2. The van der Waals surface area contributed by atoms with Crippen molar-refractivity contribution in [3.05, 3.63) is 70.8 Å². The van der Waals surface area contributed by atoms with E-state index in [2.05, 4.69) is 41.7 Å². The second-order valence-electron chi connectivity index (χ2n) is 5.95.